The predicted molar refractivity (Wildman–Crippen MR) is 125 cm³/mol. The number of piperazine rings is 1. The van der Waals surface area contributed by atoms with Gasteiger partial charge in [-0.3, -0.25) is 9.59 Å². The average molecular weight is 516 g/mol. The summed E-state index contributed by atoms with van der Waals surface area (Å²) in [5.74, 6) is -0.844. The van der Waals surface area contributed by atoms with Gasteiger partial charge in [-0.05, 0) is 36.4 Å². The van der Waals surface area contributed by atoms with Crippen LogP contribution < -0.4 is 14.5 Å². The summed E-state index contributed by atoms with van der Waals surface area (Å²) >= 11 is 0. The van der Waals surface area contributed by atoms with E-state index in [4.69, 9.17) is 4.74 Å². The molecule has 13 heteroatoms. The smallest absolute Gasteiger partial charge is 0.471 e. The predicted octanol–water partition coefficient (Wildman–Crippen LogP) is 2.86. The molecular formula is C24H23F3N6O4. The van der Waals surface area contributed by atoms with E-state index < -0.39 is 18.0 Å². The molecule has 4 heterocycles. The van der Waals surface area contributed by atoms with E-state index >= 15 is 0 Å². The first-order chi connectivity index (χ1) is 17.7. The Labute approximate surface area is 209 Å². The number of amides is 2. The third kappa shape index (κ3) is 5.06. The zero-order valence-corrected chi connectivity index (χ0v) is 19.8. The van der Waals surface area contributed by atoms with Crippen LogP contribution in [0.5, 0.6) is 5.75 Å². The quantitative estimate of drug-likeness (QED) is 0.510. The lowest BCUT2D eigenvalue weighted by Gasteiger charge is -2.36. The Morgan fingerprint density at radius 1 is 1.08 bits per heavy atom. The molecule has 2 aliphatic rings. The van der Waals surface area contributed by atoms with Crippen LogP contribution in [-0.2, 0) is 15.8 Å². The molecule has 3 aromatic rings. The number of alkyl halides is 3. The standard InChI is InChI=1S/C24H23F3N6O4/c1-36-18-5-3-17(4-6-18)33-14-16(12-20(33)34)22(35)32-10-8-31(9-11-32)19-7-2-15(13-28-19)21-29-23(37-30-21)24(25,26)27/h2-7,13,16H,8-12,14H2,1H3. The van der Waals surface area contributed by atoms with E-state index in [1.54, 1.807) is 53.3 Å². The molecule has 0 radical (unpaired) electrons. The molecule has 0 spiro atoms. The monoisotopic (exact) mass is 516 g/mol. The van der Waals surface area contributed by atoms with E-state index in [9.17, 15) is 22.8 Å². The number of hydrogen-bond donors (Lipinski definition) is 0. The molecule has 2 amide bonds. The summed E-state index contributed by atoms with van der Waals surface area (Å²) < 4.78 is 47.5. The van der Waals surface area contributed by atoms with Gasteiger partial charge >= 0.3 is 12.1 Å². The Balaban J connectivity index is 1.16. The summed E-state index contributed by atoms with van der Waals surface area (Å²) in [7, 11) is 1.57. The van der Waals surface area contributed by atoms with Crippen molar-refractivity contribution in [3.63, 3.8) is 0 Å². The van der Waals surface area contributed by atoms with Crippen LogP contribution in [0.4, 0.5) is 24.7 Å². The number of hydrogen-bond acceptors (Lipinski definition) is 8. The molecule has 0 saturated carbocycles. The van der Waals surface area contributed by atoms with Gasteiger partial charge in [0.1, 0.15) is 11.6 Å². The Kier molecular flexibility index (Phi) is 6.44. The number of halogens is 3. The van der Waals surface area contributed by atoms with Gasteiger partial charge in [-0.1, -0.05) is 5.16 Å². The Morgan fingerprint density at radius 3 is 2.41 bits per heavy atom. The highest BCUT2D eigenvalue weighted by atomic mass is 19.4. The fraction of sp³-hybridized carbons (Fsp3) is 0.375. The molecule has 194 valence electrons. The maximum atomic E-state index is 13.1. The molecule has 37 heavy (non-hydrogen) atoms. The number of aromatic nitrogens is 3. The van der Waals surface area contributed by atoms with E-state index in [1.807, 2.05) is 4.90 Å². The molecule has 1 unspecified atom stereocenters. The van der Waals surface area contributed by atoms with E-state index in [2.05, 4.69) is 19.6 Å². The van der Waals surface area contributed by atoms with Crippen LogP contribution in [0.1, 0.15) is 12.3 Å². The van der Waals surface area contributed by atoms with Gasteiger partial charge in [0.2, 0.25) is 17.6 Å². The van der Waals surface area contributed by atoms with Crippen LogP contribution in [0.2, 0.25) is 0 Å². The summed E-state index contributed by atoms with van der Waals surface area (Å²) in [4.78, 5) is 38.8. The van der Waals surface area contributed by atoms with Gasteiger partial charge in [0.15, 0.2) is 0 Å². The molecule has 2 saturated heterocycles. The minimum absolute atomic E-state index is 0.0510. The van der Waals surface area contributed by atoms with Crippen molar-refractivity contribution >= 4 is 23.3 Å². The van der Waals surface area contributed by atoms with Gasteiger partial charge in [0.05, 0.1) is 13.0 Å². The Hall–Kier alpha value is -4.16. The van der Waals surface area contributed by atoms with E-state index in [0.717, 1.165) is 5.69 Å². The number of nitrogens with zero attached hydrogens (tertiary/aromatic N) is 6. The summed E-state index contributed by atoms with van der Waals surface area (Å²) in [6, 6.07) is 10.4. The largest absolute Gasteiger partial charge is 0.497 e. The molecule has 2 aromatic heterocycles. The first-order valence-electron chi connectivity index (χ1n) is 11.6. The lowest BCUT2D eigenvalue weighted by Crippen LogP contribution is -2.51. The van der Waals surface area contributed by atoms with Gasteiger partial charge in [-0.2, -0.15) is 18.2 Å². The topological polar surface area (TPSA) is 105 Å². The van der Waals surface area contributed by atoms with Crippen molar-refractivity contribution in [1.29, 1.82) is 0 Å². The highest BCUT2D eigenvalue weighted by Crippen LogP contribution is 2.30. The third-order valence-corrected chi connectivity index (χ3v) is 6.45. The summed E-state index contributed by atoms with van der Waals surface area (Å²) in [5, 5.41) is 3.36. The second-order valence-electron chi connectivity index (χ2n) is 8.74. The summed E-state index contributed by atoms with van der Waals surface area (Å²) in [5.41, 5.74) is 1.03. The van der Waals surface area contributed by atoms with E-state index in [1.165, 1.54) is 6.20 Å². The minimum Gasteiger partial charge on any atom is -0.497 e. The van der Waals surface area contributed by atoms with Gasteiger partial charge in [-0.15, -0.1) is 0 Å². The van der Waals surface area contributed by atoms with Crippen LogP contribution >= 0.6 is 0 Å². The number of rotatable bonds is 5. The van der Waals surface area contributed by atoms with Crippen LogP contribution in [0.3, 0.4) is 0 Å². The van der Waals surface area contributed by atoms with Crippen molar-refractivity contribution in [2.45, 2.75) is 12.6 Å². The molecule has 5 rings (SSSR count). The summed E-state index contributed by atoms with van der Waals surface area (Å²) in [6.45, 7) is 2.33. The van der Waals surface area contributed by atoms with Crippen LogP contribution in [0, 0.1) is 5.92 Å². The highest BCUT2D eigenvalue weighted by molar-refractivity contribution is 6.00. The number of carbonyl (C=O) groups is 2. The molecule has 0 bridgehead atoms. The molecule has 1 atom stereocenters. The second-order valence-corrected chi connectivity index (χ2v) is 8.74. The number of methoxy groups -OCH3 is 1. The van der Waals surface area contributed by atoms with Crippen molar-refractivity contribution in [1.82, 2.24) is 20.0 Å². The SMILES string of the molecule is COc1ccc(N2CC(C(=O)N3CCN(c4ccc(-c5noc(C(F)(F)F)n5)cn4)CC3)CC2=O)cc1. The normalized spacial score (nSPS) is 18.4. The minimum atomic E-state index is -4.71. The van der Waals surface area contributed by atoms with Gasteiger partial charge < -0.3 is 24.0 Å². The van der Waals surface area contributed by atoms with Crippen LogP contribution in [0.25, 0.3) is 11.4 Å². The molecule has 0 aliphatic carbocycles. The van der Waals surface area contributed by atoms with Crippen LogP contribution in [-0.4, -0.2) is 71.7 Å². The van der Waals surface area contributed by atoms with Crippen molar-refractivity contribution < 1.29 is 32.0 Å². The van der Waals surface area contributed by atoms with E-state index in [-0.39, 0.29) is 24.1 Å². The zero-order valence-electron chi connectivity index (χ0n) is 19.8. The van der Waals surface area contributed by atoms with Crippen molar-refractivity contribution in [3.8, 4) is 17.1 Å². The molecule has 0 N–H and O–H groups in total. The van der Waals surface area contributed by atoms with Crippen molar-refractivity contribution in [2.75, 3.05) is 49.6 Å². The third-order valence-electron chi connectivity index (χ3n) is 6.45. The Bertz CT molecular complexity index is 1270. The Morgan fingerprint density at radius 2 is 1.81 bits per heavy atom. The second kappa shape index (κ2) is 9.71. The fourth-order valence-corrected chi connectivity index (χ4v) is 4.46. The maximum Gasteiger partial charge on any atom is 0.471 e. The van der Waals surface area contributed by atoms with E-state index in [0.29, 0.717) is 49.9 Å². The van der Waals surface area contributed by atoms with Gasteiger partial charge in [0, 0.05) is 56.6 Å². The first kappa shape index (κ1) is 24.5. The lowest BCUT2D eigenvalue weighted by molar-refractivity contribution is -0.159. The molecular weight excluding hydrogens is 493 g/mol. The lowest BCUT2D eigenvalue weighted by atomic mass is 10.1. The molecule has 2 fully saturated rings. The number of benzene rings is 1. The number of anilines is 2. The molecule has 1 aromatic carbocycles. The van der Waals surface area contributed by atoms with Crippen molar-refractivity contribution in [3.05, 3.63) is 48.5 Å². The van der Waals surface area contributed by atoms with Crippen molar-refractivity contribution in [2.24, 2.45) is 5.92 Å². The maximum absolute atomic E-state index is 13.1. The first-order valence-corrected chi connectivity index (χ1v) is 11.6. The van der Waals surface area contributed by atoms with Gasteiger partial charge in [-0.25, -0.2) is 4.98 Å². The number of ether oxygens (including phenoxy) is 1. The molecule has 10 nitrogen and oxygen atoms in total. The van der Waals surface area contributed by atoms with Crippen LogP contribution in [0.15, 0.2) is 47.1 Å². The number of pyridine rings is 1. The summed E-state index contributed by atoms with van der Waals surface area (Å²) in [6.07, 6.45) is -3.16. The van der Waals surface area contributed by atoms with Gasteiger partial charge in [0.25, 0.3) is 0 Å². The highest BCUT2D eigenvalue weighted by Gasteiger charge is 2.39. The number of carbonyl (C=O) groups excluding carboxylic acids is 2. The average Bonchev–Trinajstić information content (AvgIpc) is 3.56. The fourth-order valence-electron chi connectivity index (χ4n) is 4.46. The molecule has 2 aliphatic heterocycles. The zero-order chi connectivity index (χ0) is 26.2.